The van der Waals surface area contributed by atoms with Crippen LogP contribution in [-0.4, -0.2) is 4.92 Å². The first-order chi connectivity index (χ1) is 15.1. The molecule has 1 heterocycles. The van der Waals surface area contributed by atoms with Crippen LogP contribution in [0.15, 0.2) is 83.8 Å². The van der Waals surface area contributed by atoms with Gasteiger partial charge in [0.1, 0.15) is 0 Å². The minimum absolute atomic E-state index is 0.137. The van der Waals surface area contributed by atoms with E-state index in [-0.39, 0.29) is 16.7 Å². The molecule has 0 aromatic heterocycles. The molecule has 0 spiro atoms. The van der Waals surface area contributed by atoms with E-state index in [0.29, 0.717) is 11.8 Å². The normalized spacial score (nSPS) is 21.3. The zero-order chi connectivity index (χ0) is 21.4. The number of rotatable bonds is 5. The smallest absolute Gasteiger partial charge is 0.269 e. The van der Waals surface area contributed by atoms with Crippen LogP contribution in [-0.2, 0) is 5.75 Å². The number of nitrogens with zero attached hydrogens (tertiary/aromatic N) is 1. The molecule has 31 heavy (non-hydrogen) atoms. The maximum absolute atomic E-state index is 11.0. The molecule has 2 aliphatic rings. The second-order valence-corrected chi connectivity index (χ2v) is 9.35. The molecule has 0 bridgehead atoms. The van der Waals surface area contributed by atoms with Crippen LogP contribution in [0.25, 0.3) is 0 Å². The fourth-order valence-corrected chi connectivity index (χ4v) is 5.71. The van der Waals surface area contributed by atoms with E-state index in [4.69, 9.17) is 0 Å². The number of hydrogen-bond donors (Lipinski definition) is 1. The lowest BCUT2D eigenvalue weighted by Crippen LogP contribution is -2.29. The molecule has 0 saturated carbocycles. The maximum Gasteiger partial charge on any atom is 0.269 e. The quantitative estimate of drug-likeness (QED) is 0.205. The highest BCUT2D eigenvalue weighted by Crippen LogP contribution is 2.51. The van der Waals surface area contributed by atoms with Crippen LogP contribution < -0.4 is 5.32 Å². The summed E-state index contributed by atoms with van der Waals surface area (Å²) >= 11 is 1.87. The summed E-state index contributed by atoms with van der Waals surface area (Å²) < 4.78 is 0. The highest BCUT2D eigenvalue weighted by atomic mass is 32.2. The van der Waals surface area contributed by atoms with Gasteiger partial charge >= 0.3 is 0 Å². The molecule has 4 nitrogen and oxygen atoms in total. The number of allylic oxidation sites excluding steroid dienone is 2. The van der Waals surface area contributed by atoms with Crippen molar-refractivity contribution in [2.24, 2.45) is 5.92 Å². The fraction of sp³-hybridized carbons (Fsp3) is 0.231. The predicted octanol–water partition coefficient (Wildman–Crippen LogP) is 7.02. The Morgan fingerprint density at radius 1 is 1.10 bits per heavy atom. The van der Waals surface area contributed by atoms with Crippen LogP contribution in [0.2, 0.25) is 0 Å². The average Bonchev–Trinajstić information content (AvgIpc) is 3.28. The largest absolute Gasteiger partial charge is 0.377 e. The SMILES string of the molecule is Cc1cc(CSc2ccccc2)cc2c1N[C@H](c1ccc([N+](=O)[O-])cc1)[C@@H]1CC=C[C@@H]21. The molecule has 0 unspecified atom stereocenters. The van der Waals surface area contributed by atoms with Crippen LogP contribution >= 0.6 is 11.8 Å². The number of benzene rings is 3. The summed E-state index contributed by atoms with van der Waals surface area (Å²) in [5.74, 6) is 1.74. The number of hydrogen-bond acceptors (Lipinski definition) is 4. The van der Waals surface area contributed by atoms with E-state index in [2.05, 4.69) is 60.8 Å². The van der Waals surface area contributed by atoms with Crippen molar-refractivity contribution in [1.29, 1.82) is 0 Å². The van der Waals surface area contributed by atoms with Gasteiger partial charge in [0.2, 0.25) is 0 Å². The standard InChI is InChI=1S/C26H24N2O2S/c1-17-14-18(16-31-21-6-3-2-4-7-21)15-24-22-8-5-9-23(22)26(27-25(17)24)19-10-12-20(13-11-19)28(29)30/h2-8,10-15,22-23,26-27H,9,16H2,1H3/t22-,23-,26-/m1/s1. The average molecular weight is 429 g/mol. The second-order valence-electron chi connectivity index (χ2n) is 8.30. The Morgan fingerprint density at radius 2 is 1.87 bits per heavy atom. The molecule has 1 aliphatic heterocycles. The lowest BCUT2D eigenvalue weighted by Gasteiger charge is -2.38. The molecule has 3 aromatic carbocycles. The van der Waals surface area contributed by atoms with Gasteiger partial charge in [-0.05, 0) is 53.6 Å². The van der Waals surface area contributed by atoms with E-state index < -0.39 is 0 Å². The Kier molecular flexibility index (Phi) is 5.28. The predicted molar refractivity (Wildman–Crippen MR) is 127 cm³/mol. The first-order valence-corrected chi connectivity index (χ1v) is 11.6. The third-order valence-corrected chi connectivity index (χ3v) is 7.42. The topological polar surface area (TPSA) is 55.2 Å². The summed E-state index contributed by atoms with van der Waals surface area (Å²) in [6, 6.07) is 22.3. The van der Waals surface area contributed by atoms with Gasteiger partial charge in [0, 0.05) is 34.4 Å². The van der Waals surface area contributed by atoms with E-state index in [1.807, 2.05) is 30.0 Å². The summed E-state index contributed by atoms with van der Waals surface area (Å²) in [4.78, 5) is 12.0. The zero-order valence-corrected chi connectivity index (χ0v) is 18.1. The molecule has 1 N–H and O–H groups in total. The summed E-state index contributed by atoms with van der Waals surface area (Å²) in [6.45, 7) is 2.18. The third kappa shape index (κ3) is 3.86. The molecule has 156 valence electrons. The van der Waals surface area contributed by atoms with Gasteiger partial charge in [-0.3, -0.25) is 10.1 Å². The van der Waals surface area contributed by atoms with Crippen molar-refractivity contribution in [3.8, 4) is 0 Å². The van der Waals surface area contributed by atoms with Gasteiger partial charge < -0.3 is 5.32 Å². The van der Waals surface area contributed by atoms with Gasteiger partial charge in [-0.1, -0.05) is 54.6 Å². The Bertz CT molecular complexity index is 1140. The Labute approximate surface area is 186 Å². The van der Waals surface area contributed by atoms with Crippen LogP contribution in [0.5, 0.6) is 0 Å². The molecule has 0 amide bonds. The van der Waals surface area contributed by atoms with E-state index >= 15 is 0 Å². The number of non-ortho nitro benzene ring substituents is 1. The molecule has 5 rings (SSSR count). The van der Waals surface area contributed by atoms with E-state index in [1.165, 1.54) is 27.3 Å². The number of aryl methyl sites for hydroxylation is 1. The van der Waals surface area contributed by atoms with Crippen molar-refractivity contribution in [3.63, 3.8) is 0 Å². The van der Waals surface area contributed by atoms with Crippen LogP contribution in [0.3, 0.4) is 0 Å². The van der Waals surface area contributed by atoms with Crippen molar-refractivity contribution in [2.45, 2.75) is 36.0 Å². The number of nitrogens with one attached hydrogen (secondary N) is 1. The van der Waals surface area contributed by atoms with Gasteiger partial charge in [0.15, 0.2) is 0 Å². The molecule has 1 aliphatic carbocycles. The minimum atomic E-state index is -0.341. The molecular weight excluding hydrogens is 404 g/mol. The molecule has 0 fully saturated rings. The minimum Gasteiger partial charge on any atom is -0.377 e. The van der Waals surface area contributed by atoms with Gasteiger partial charge in [0.05, 0.1) is 11.0 Å². The molecule has 3 aromatic rings. The number of anilines is 1. The number of nitro groups is 1. The Morgan fingerprint density at radius 3 is 2.61 bits per heavy atom. The second kappa shape index (κ2) is 8.23. The zero-order valence-electron chi connectivity index (χ0n) is 17.3. The van der Waals surface area contributed by atoms with Crippen LogP contribution in [0, 0.1) is 23.0 Å². The Balaban J connectivity index is 1.44. The summed E-state index contributed by atoms with van der Waals surface area (Å²) in [5, 5.41) is 14.8. The number of fused-ring (bicyclic) bond motifs is 3. The van der Waals surface area contributed by atoms with Crippen molar-refractivity contribution in [1.82, 2.24) is 0 Å². The molecular formula is C26H24N2O2S. The van der Waals surface area contributed by atoms with Crippen LogP contribution in [0.4, 0.5) is 11.4 Å². The van der Waals surface area contributed by atoms with E-state index in [9.17, 15) is 10.1 Å². The molecule has 3 atom stereocenters. The summed E-state index contributed by atoms with van der Waals surface area (Å²) in [6.07, 6.45) is 5.64. The lowest BCUT2D eigenvalue weighted by molar-refractivity contribution is -0.384. The van der Waals surface area contributed by atoms with Crippen molar-refractivity contribution < 1.29 is 4.92 Å². The first-order valence-electron chi connectivity index (χ1n) is 10.6. The van der Waals surface area contributed by atoms with E-state index in [1.54, 1.807) is 12.1 Å². The molecule has 0 saturated heterocycles. The maximum atomic E-state index is 11.0. The number of thioether (sulfide) groups is 1. The number of nitro benzene ring substituents is 1. The summed E-state index contributed by atoms with van der Waals surface area (Å²) in [7, 11) is 0. The third-order valence-electron chi connectivity index (χ3n) is 6.34. The highest BCUT2D eigenvalue weighted by Gasteiger charge is 2.38. The summed E-state index contributed by atoms with van der Waals surface area (Å²) in [5.41, 5.74) is 6.44. The van der Waals surface area contributed by atoms with Crippen LogP contribution in [0.1, 0.15) is 40.6 Å². The van der Waals surface area contributed by atoms with Crippen molar-refractivity contribution in [3.05, 3.63) is 111 Å². The fourth-order valence-electron chi connectivity index (χ4n) is 4.86. The highest BCUT2D eigenvalue weighted by molar-refractivity contribution is 7.98. The first kappa shape index (κ1) is 19.9. The van der Waals surface area contributed by atoms with Gasteiger partial charge in [-0.2, -0.15) is 0 Å². The lowest BCUT2D eigenvalue weighted by atomic mass is 9.76. The van der Waals surface area contributed by atoms with Crippen molar-refractivity contribution >= 4 is 23.1 Å². The van der Waals surface area contributed by atoms with Gasteiger partial charge in [-0.25, -0.2) is 0 Å². The van der Waals surface area contributed by atoms with Gasteiger partial charge in [-0.15, -0.1) is 11.8 Å². The van der Waals surface area contributed by atoms with Gasteiger partial charge in [0.25, 0.3) is 5.69 Å². The van der Waals surface area contributed by atoms with E-state index in [0.717, 1.165) is 17.7 Å². The molecule has 5 heteroatoms. The molecule has 0 radical (unpaired) electrons. The monoisotopic (exact) mass is 428 g/mol. The Hall–Kier alpha value is -3.05. The van der Waals surface area contributed by atoms with Crippen molar-refractivity contribution in [2.75, 3.05) is 5.32 Å².